The molecule has 0 saturated carbocycles. The molecule has 1 saturated heterocycles. The van der Waals surface area contributed by atoms with Gasteiger partial charge in [-0.1, -0.05) is 0 Å². The van der Waals surface area contributed by atoms with Crippen LogP contribution in [0, 0.1) is 0 Å². The maximum Gasteiger partial charge on any atom is 0.401 e. The van der Waals surface area contributed by atoms with Gasteiger partial charge in [-0.25, -0.2) is 0 Å². The number of halogens is 3. The minimum atomic E-state index is -4.12. The van der Waals surface area contributed by atoms with E-state index in [1.54, 1.807) is 0 Å². The first-order chi connectivity index (χ1) is 7.58. The van der Waals surface area contributed by atoms with Gasteiger partial charge in [-0.15, -0.1) is 0 Å². The highest BCUT2D eigenvalue weighted by Gasteiger charge is 2.25. The fourth-order valence-electron chi connectivity index (χ4n) is 1.64. The largest absolute Gasteiger partial charge is 0.401 e. The average molecular weight is 240 g/mol. The third-order valence-electron chi connectivity index (χ3n) is 2.45. The van der Waals surface area contributed by atoms with Crippen molar-refractivity contribution in [2.24, 2.45) is 0 Å². The summed E-state index contributed by atoms with van der Waals surface area (Å²) in [6.45, 7) is 1.48. The van der Waals surface area contributed by atoms with Gasteiger partial charge in [0.1, 0.15) is 0 Å². The molecular weight excluding hydrogens is 221 g/mol. The molecule has 0 aromatic rings. The van der Waals surface area contributed by atoms with Crippen LogP contribution in [-0.4, -0.2) is 45.1 Å². The van der Waals surface area contributed by atoms with Gasteiger partial charge in [-0.3, -0.25) is 0 Å². The van der Waals surface area contributed by atoms with Gasteiger partial charge in [-0.05, 0) is 19.3 Å². The van der Waals surface area contributed by atoms with E-state index in [9.17, 15) is 13.2 Å². The number of ether oxygens (including phenoxy) is 1. The lowest BCUT2D eigenvalue weighted by atomic mass is 10.1. The van der Waals surface area contributed by atoms with Gasteiger partial charge in [0.05, 0.1) is 12.6 Å². The Kier molecular flexibility index (Phi) is 6.08. The minimum absolute atomic E-state index is 0.233. The molecule has 0 aliphatic carbocycles. The molecule has 1 fully saturated rings. The number of nitrogens with one attached hydrogen (secondary N) is 2. The summed E-state index contributed by atoms with van der Waals surface area (Å²) in [6.07, 6.45) is -0.547. The molecular formula is C10H19F3N2O. The minimum Gasteiger partial charge on any atom is -0.377 e. The first-order valence-electron chi connectivity index (χ1n) is 5.68. The molecule has 2 N–H and O–H groups in total. The van der Waals surface area contributed by atoms with E-state index < -0.39 is 12.7 Å². The average Bonchev–Trinajstić information content (AvgIpc) is 2.23. The van der Waals surface area contributed by atoms with Crippen LogP contribution >= 0.6 is 0 Å². The molecule has 0 bridgehead atoms. The van der Waals surface area contributed by atoms with Crippen LogP contribution in [0.5, 0.6) is 0 Å². The lowest BCUT2D eigenvalue weighted by Crippen LogP contribution is -2.37. The Bertz CT molecular complexity index is 181. The third-order valence-corrected chi connectivity index (χ3v) is 2.45. The van der Waals surface area contributed by atoms with Gasteiger partial charge in [0.25, 0.3) is 0 Å². The van der Waals surface area contributed by atoms with Crippen molar-refractivity contribution < 1.29 is 17.9 Å². The summed E-state index contributed by atoms with van der Waals surface area (Å²) in [5.41, 5.74) is 0. The highest BCUT2D eigenvalue weighted by molar-refractivity contribution is 4.66. The molecule has 0 aromatic heterocycles. The quantitative estimate of drug-likeness (QED) is 0.686. The molecule has 1 aliphatic heterocycles. The topological polar surface area (TPSA) is 33.3 Å². The fourth-order valence-corrected chi connectivity index (χ4v) is 1.64. The third kappa shape index (κ3) is 7.03. The zero-order valence-corrected chi connectivity index (χ0v) is 9.28. The molecule has 6 heteroatoms. The van der Waals surface area contributed by atoms with Crippen molar-refractivity contribution in [1.82, 2.24) is 10.6 Å². The Morgan fingerprint density at radius 3 is 2.50 bits per heavy atom. The summed E-state index contributed by atoms with van der Waals surface area (Å²) < 4.78 is 40.7. The zero-order chi connectivity index (χ0) is 11.9. The van der Waals surface area contributed by atoms with E-state index in [2.05, 4.69) is 10.6 Å². The van der Waals surface area contributed by atoms with E-state index in [0.717, 1.165) is 26.0 Å². The molecule has 1 aliphatic rings. The predicted octanol–water partition coefficient (Wildman–Crippen LogP) is 1.30. The summed E-state index contributed by atoms with van der Waals surface area (Å²) in [4.78, 5) is 0. The molecule has 0 radical (unpaired) electrons. The smallest absolute Gasteiger partial charge is 0.377 e. The predicted molar refractivity (Wildman–Crippen MR) is 55.4 cm³/mol. The van der Waals surface area contributed by atoms with Gasteiger partial charge in [0, 0.05) is 26.2 Å². The summed E-state index contributed by atoms with van der Waals surface area (Å²) in [5, 5.41) is 5.42. The second kappa shape index (κ2) is 7.09. The molecule has 1 unspecified atom stereocenters. The Morgan fingerprint density at radius 1 is 1.12 bits per heavy atom. The molecule has 16 heavy (non-hydrogen) atoms. The second-order valence-electron chi connectivity index (χ2n) is 3.98. The molecule has 1 atom stereocenters. The molecule has 96 valence electrons. The van der Waals surface area contributed by atoms with Gasteiger partial charge < -0.3 is 15.4 Å². The summed E-state index contributed by atoms with van der Waals surface area (Å²) in [6, 6.07) is 0. The van der Waals surface area contributed by atoms with Gasteiger partial charge >= 0.3 is 6.18 Å². The van der Waals surface area contributed by atoms with Crippen molar-refractivity contribution in [3.8, 4) is 0 Å². The van der Waals surface area contributed by atoms with Crippen LogP contribution in [0.15, 0.2) is 0 Å². The molecule has 3 nitrogen and oxygen atoms in total. The highest BCUT2D eigenvalue weighted by atomic mass is 19.4. The summed E-state index contributed by atoms with van der Waals surface area (Å²) in [5.74, 6) is 0. The van der Waals surface area contributed by atoms with Crippen LogP contribution in [-0.2, 0) is 4.74 Å². The lowest BCUT2D eigenvalue weighted by molar-refractivity contribution is -0.124. The van der Waals surface area contributed by atoms with Gasteiger partial charge in [-0.2, -0.15) is 13.2 Å². The van der Waals surface area contributed by atoms with E-state index >= 15 is 0 Å². The molecule has 1 rings (SSSR count). The normalized spacial score (nSPS) is 22.3. The standard InChI is InChI=1S/C10H19F3N2O/c11-10(12,13)8-15-5-4-14-7-9-3-1-2-6-16-9/h9,14-15H,1-8H2. The Balaban J connectivity index is 1.87. The van der Waals surface area contributed by atoms with Crippen molar-refractivity contribution >= 4 is 0 Å². The Morgan fingerprint density at radius 2 is 1.88 bits per heavy atom. The monoisotopic (exact) mass is 240 g/mol. The van der Waals surface area contributed by atoms with E-state index in [1.165, 1.54) is 6.42 Å². The van der Waals surface area contributed by atoms with Crippen molar-refractivity contribution in [3.63, 3.8) is 0 Å². The first-order valence-corrected chi connectivity index (χ1v) is 5.68. The van der Waals surface area contributed by atoms with E-state index in [1.807, 2.05) is 0 Å². The molecule has 1 heterocycles. The number of alkyl halides is 3. The van der Waals surface area contributed by atoms with Crippen LogP contribution in [0.2, 0.25) is 0 Å². The molecule has 0 spiro atoms. The molecule has 0 aromatic carbocycles. The number of hydrogen-bond acceptors (Lipinski definition) is 3. The van der Waals surface area contributed by atoms with E-state index in [-0.39, 0.29) is 6.10 Å². The van der Waals surface area contributed by atoms with Gasteiger partial charge in [0.2, 0.25) is 0 Å². The number of rotatable bonds is 6. The summed E-state index contributed by atoms with van der Waals surface area (Å²) >= 11 is 0. The van der Waals surface area contributed by atoms with Crippen LogP contribution < -0.4 is 10.6 Å². The maximum atomic E-state index is 11.8. The second-order valence-corrected chi connectivity index (χ2v) is 3.98. The SMILES string of the molecule is FC(F)(F)CNCCNCC1CCCCO1. The maximum absolute atomic E-state index is 11.8. The van der Waals surface area contributed by atoms with E-state index in [0.29, 0.717) is 13.1 Å². The first kappa shape index (κ1) is 13.7. The van der Waals surface area contributed by atoms with Crippen LogP contribution in [0.3, 0.4) is 0 Å². The fraction of sp³-hybridized carbons (Fsp3) is 1.00. The van der Waals surface area contributed by atoms with E-state index in [4.69, 9.17) is 4.74 Å². The zero-order valence-electron chi connectivity index (χ0n) is 9.28. The summed E-state index contributed by atoms with van der Waals surface area (Å²) in [7, 11) is 0. The molecule has 0 amide bonds. The van der Waals surface area contributed by atoms with Crippen molar-refractivity contribution in [2.75, 3.05) is 32.8 Å². The Labute approximate surface area is 93.7 Å². The van der Waals surface area contributed by atoms with Crippen LogP contribution in [0.25, 0.3) is 0 Å². The van der Waals surface area contributed by atoms with Gasteiger partial charge in [0.15, 0.2) is 0 Å². The van der Waals surface area contributed by atoms with Crippen molar-refractivity contribution in [1.29, 1.82) is 0 Å². The van der Waals surface area contributed by atoms with Crippen molar-refractivity contribution in [3.05, 3.63) is 0 Å². The Hall–Kier alpha value is -0.330. The van der Waals surface area contributed by atoms with Crippen LogP contribution in [0.1, 0.15) is 19.3 Å². The highest BCUT2D eigenvalue weighted by Crippen LogP contribution is 2.12. The van der Waals surface area contributed by atoms with Crippen LogP contribution in [0.4, 0.5) is 13.2 Å². The van der Waals surface area contributed by atoms with Crippen molar-refractivity contribution in [2.45, 2.75) is 31.5 Å². The lowest BCUT2D eigenvalue weighted by Gasteiger charge is -2.22. The number of hydrogen-bond donors (Lipinski definition) is 2.